The van der Waals surface area contributed by atoms with Gasteiger partial charge in [-0.15, -0.1) is 0 Å². The van der Waals surface area contributed by atoms with E-state index in [9.17, 15) is 9.18 Å². The summed E-state index contributed by atoms with van der Waals surface area (Å²) in [5.41, 5.74) is 6.31. The Bertz CT molecular complexity index is 479. The summed E-state index contributed by atoms with van der Waals surface area (Å²) < 4.78 is 18.8. The van der Waals surface area contributed by atoms with Crippen molar-refractivity contribution in [1.82, 2.24) is 4.90 Å². The van der Waals surface area contributed by atoms with Crippen molar-refractivity contribution in [2.75, 3.05) is 18.9 Å². The highest BCUT2D eigenvalue weighted by Gasteiger charge is 2.30. The smallest absolute Gasteiger partial charge is 0.256 e. The molecule has 104 valence electrons. The normalized spacial score (nSPS) is 23.4. The van der Waals surface area contributed by atoms with Gasteiger partial charge in [-0.25, -0.2) is 4.39 Å². The van der Waals surface area contributed by atoms with Gasteiger partial charge in [-0.05, 0) is 31.5 Å². The number of carbonyl (C=O) groups excluding carboxylic acids is 1. The van der Waals surface area contributed by atoms with E-state index in [0.717, 1.165) is 6.42 Å². The van der Waals surface area contributed by atoms with Crippen LogP contribution in [0.15, 0.2) is 18.2 Å². The van der Waals surface area contributed by atoms with Crippen molar-refractivity contribution in [3.05, 3.63) is 29.6 Å². The van der Waals surface area contributed by atoms with Gasteiger partial charge >= 0.3 is 0 Å². The molecule has 4 nitrogen and oxygen atoms in total. The Kier molecular flexibility index (Phi) is 4.04. The van der Waals surface area contributed by atoms with Crippen LogP contribution in [0.4, 0.5) is 10.1 Å². The minimum atomic E-state index is -0.452. The quantitative estimate of drug-likeness (QED) is 0.833. The number of anilines is 1. The number of ether oxygens (including phenoxy) is 1. The fourth-order valence-corrected chi connectivity index (χ4v) is 2.30. The Morgan fingerprint density at radius 2 is 2.32 bits per heavy atom. The first-order valence-electron chi connectivity index (χ1n) is 6.50. The second-order valence-corrected chi connectivity index (χ2v) is 4.90. The Labute approximate surface area is 112 Å². The highest BCUT2D eigenvalue weighted by Crippen LogP contribution is 2.21. The van der Waals surface area contributed by atoms with Gasteiger partial charge in [0.05, 0.1) is 24.3 Å². The van der Waals surface area contributed by atoms with E-state index in [2.05, 4.69) is 0 Å². The maximum Gasteiger partial charge on any atom is 0.256 e. The molecule has 1 aromatic carbocycles. The SMILES string of the molecule is CCC1COC(C)CN1C(=O)c1cc(F)ccc1N. The zero-order chi connectivity index (χ0) is 14.0. The van der Waals surface area contributed by atoms with Crippen LogP contribution in [0.25, 0.3) is 0 Å². The maximum atomic E-state index is 13.3. The molecule has 1 aliphatic heterocycles. The predicted molar refractivity (Wildman–Crippen MR) is 71.3 cm³/mol. The third-order valence-corrected chi connectivity index (χ3v) is 3.45. The Morgan fingerprint density at radius 1 is 1.58 bits per heavy atom. The molecule has 0 aliphatic carbocycles. The summed E-state index contributed by atoms with van der Waals surface area (Å²) in [5, 5.41) is 0. The second kappa shape index (κ2) is 5.57. The van der Waals surface area contributed by atoms with Crippen LogP contribution in [0.3, 0.4) is 0 Å². The molecular weight excluding hydrogens is 247 g/mol. The van der Waals surface area contributed by atoms with E-state index in [1.54, 1.807) is 4.90 Å². The van der Waals surface area contributed by atoms with Gasteiger partial charge in [-0.1, -0.05) is 6.92 Å². The molecule has 0 spiro atoms. The lowest BCUT2D eigenvalue weighted by atomic mass is 10.1. The fourth-order valence-electron chi connectivity index (χ4n) is 2.30. The number of hydrogen-bond donors (Lipinski definition) is 1. The first-order valence-corrected chi connectivity index (χ1v) is 6.50. The number of nitrogen functional groups attached to an aromatic ring is 1. The lowest BCUT2D eigenvalue weighted by Crippen LogP contribution is -2.51. The van der Waals surface area contributed by atoms with E-state index >= 15 is 0 Å². The summed E-state index contributed by atoms with van der Waals surface area (Å²) in [6, 6.07) is 3.90. The standard InChI is InChI=1S/C14H19FN2O2/c1-3-11-8-19-9(2)7-17(11)14(18)12-6-10(15)4-5-13(12)16/h4-6,9,11H,3,7-8,16H2,1-2H3. The second-order valence-electron chi connectivity index (χ2n) is 4.90. The largest absolute Gasteiger partial charge is 0.398 e. The van der Waals surface area contributed by atoms with Gasteiger partial charge in [0.2, 0.25) is 0 Å². The van der Waals surface area contributed by atoms with Crippen molar-refractivity contribution in [2.45, 2.75) is 32.4 Å². The number of carbonyl (C=O) groups is 1. The van der Waals surface area contributed by atoms with Crippen molar-refractivity contribution in [3.63, 3.8) is 0 Å². The third-order valence-electron chi connectivity index (χ3n) is 3.45. The number of rotatable bonds is 2. The topological polar surface area (TPSA) is 55.6 Å². The molecule has 2 rings (SSSR count). The van der Waals surface area contributed by atoms with Crippen LogP contribution in [0.5, 0.6) is 0 Å². The van der Waals surface area contributed by atoms with Crippen LogP contribution in [-0.2, 0) is 4.74 Å². The molecule has 1 aromatic rings. The van der Waals surface area contributed by atoms with Crippen molar-refractivity contribution in [3.8, 4) is 0 Å². The molecule has 0 bridgehead atoms. The third kappa shape index (κ3) is 2.87. The molecule has 0 aromatic heterocycles. The number of benzene rings is 1. The molecule has 1 heterocycles. The number of hydrogen-bond acceptors (Lipinski definition) is 3. The van der Waals surface area contributed by atoms with Crippen molar-refractivity contribution in [1.29, 1.82) is 0 Å². The van der Waals surface area contributed by atoms with Crippen LogP contribution in [0, 0.1) is 5.82 Å². The van der Waals surface area contributed by atoms with Crippen LogP contribution in [-0.4, -0.2) is 36.1 Å². The lowest BCUT2D eigenvalue weighted by molar-refractivity contribution is -0.0443. The van der Waals surface area contributed by atoms with Gasteiger partial charge in [0.15, 0.2) is 0 Å². The minimum absolute atomic E-state index is 0.0125. The summed E-state index contributed by atoms with van der Waals surface area (Å²) in [6.45, 7) is 4.94. The molecule has 0 radical (unpaired) electrons. The average Bonchev–Trinajstić information content (AvgIpc) is 2.40. The fraction of sp³-hybridized carbons (Fsp3) is 0.500. The molecule has 1 fully saturated rings. The Morgan fingerprint density at radius 3 is 3.00 bits per heavy atom. The molecule has 1 amide bonds. The Balaban J connectivity index is 2.28. The zero-order valence-corrected chi connectivity index (χ0v) is 11.2. The maximum absolute atomic E-state index is 13.3. The summed E-state index contributed by atoms with van der Waals surface area (Å²) in [7, 11) is 0. The molecule has 5 heteroatoms. The first kappa shape index (κ1) is 13.8. The number of nitrogens with two attached hydrogens (primary N) is 1. The average molecular weight is 266 g/mol. The van der Waals surface area contributed by atoms with Gasteiger partial charge in [0.1, 0.15) is 5.82 Å². The molecule has 0 saturated carbocycles. The molecule has 2 N–H and O–H groups in total. The Hall–Kier alpha value is -1.62. The summed E-state index contributed by atoms with van der Waals surface area (Å²) >= 11 is 0. The molecule has 2 atom stereocenters. The first-order chi connectivity index (χ1) is 9.02. The molecule has 1 saturated heterocycles. The van der Waals surface area contributed by atoms with Crippen molar-refractivity contribution < 1.29 is 13.9 Å². The van der Waals surface area contributed by atoms with E-state index in [4.69, 9.17) is 10.5 Å². The monoisotopic (exact) mass is 266 g/mol. The summed E-state index contributed by atoms with van der Waals surface area (Å²) in [6.07, 6.45) is 0.787. The number of amides is 1. The summed E-state index contributed by atoms with van der Waals surface area (Å²) in [5.74, 6) is -0.675. The predicted octanol–water partition coefficient (Wildman–Crippen LogP) is 2.05. The minimum Gasteiger partial charge on any atom is -0.398 e. The van der Waals surface area contributed by atoms with Gasteiger partial charge in [-0.2, -0.15) is 0 Å². The van der Waals surface area contributed by atoms with Crippen LogP contribution >= 0.6 is 0 Å². The highest BCUT2D eigenvalue weighted by atomic mass is 19.1. The van der Waals surface area contributed by atoms with Gasteiger partial charge < -0.3 is 15.4 Å². The number of morpholine rings is 1. The van der Waals surface area contributed by atoms with Crippen LogP contribution in [0.1, 0.15) is 30.6 Å². The molecule has 1 aliphatic rings. The van der Waals surface area contributed by atoms with E-state index in [1.165, 1.54) is 18.2 Å². The van der Waals surface area contributed by atoms with E-state index < -0.39 is 5.82 Å². The molecule has 19 heavy (non-hydrogen) atoms. The van der Waals surface area contributed by atoms with Crippen molar-refractivity contribution in [2.24, 2.45) is 0 Å². The molecule has 2 unspecified atom stereocenters. The van der Waals surface area contributed by atoms with E-state index in [-0.39, 0.29) is 23.6 Å². The van der Waals surface area contributed by atoms with Crippen LogP contribution in [0.2, 0.25) is 0 Å². The van der Waals surface area contributed by atoms with E-state index in [1.807, 2.05) is 13.8 Å². The highest BCUT2D eigenvalue weighted by molar-refractivity contribution is 5.99. The van der Waals surface area contributed by atoms with Gasteiger partial charge in [-0.3, -0.25) is 4.79 Å². The number of halogens is 1. The van der Waals surface area contributed by atoms with Gasteiger partial charge in [0, 0.05) is 12.2 Å². The van der Waals surface area contributed by atoms with Crippen molar-refractivity contribution >= 4 is 11.6 Å². The number of nitrogens with zero attached hydrogens (tertiary/aromatic N) is 1. The van der Waals surface area contributed by atoms with Gasteiger partial charge in [0.25, 0.3) is 5.91 Å². The van der Waals surface area contributed by atoms with Crippen LogP contribution < -0.4 is 5.73 Å². The molecular formula is C14H19FN2O2. The van der Waals surface area contributed by atoms with E-state index in [0.29, 0.717) is 18.8 Å². The zero-order valence-electron chi connectivity index (χ0n) is 11.2. The summed E-state index contributed by atoms with van der Waals surface area (Å²) in [4.78, 5) is 14.2. The lowest BCUT2D eigenvalue weighted by Gasteiger charge is -2.38.